The molecule has 0 radical (unpaired) electrons. The van der Waals surface area contributed by atoms with Crippen molar-refractivity contribution >= 4 is 15.9 Å². The number of hydrogen-bond donors (Lipinski definition) is 1. The Balaban J connectivity index is 1.92. The zero-order valence-corrected chi connectivity index (χ0v) is 13.9. The Hall–Kier alpha value is -1.34. The van der Waals surface area contributed by atoms with Crippen molar-refractivity contribution < 1.29 is 17.6 Å². The van der Waals surface area contributed by atoms with Crippen molar-refractivity contribution in [3.05, 3.63) is 24.2 Å². The van der Waals surface area contributed by atoms with E-state index >= 15 is 0 Å². The molecule has 2 atom stereocenters. The van der Waals surface area contributed by atoms with E-state index in [1.54, 1.807) is 17.2 Å². The van der Waals surface area contributed by atoms with E-state index in [1.165, 1.54) is 0 Å². The van der Waals surface area contributed by atoms with Crippen molar-refractivity contribution in [2.24, 2.45) is 5.92 Å². The molecule has 0 spiro atoms. The molecule has 0 bridgehead atoms. The average Bonchev–Trinajstić information content (AvgIpc) is 3.05. The summed E-state index contributed by atoms with van der Waals surface area (Å²) in [6.07, 6.45) is 5.61. The van der Waals surface area contributed by atoms with E-state index in [4.69, 9.17) is 4.42 Å². The number of carbonyl (C=O) groups is 1. The topological polar surface area (TPSA) is 79.6 Å². The van der Waals surface area contributed by atoms with Crippen molar-refractivity contribution in [3.8, 4) is 0 Å². The Labute approximate surface area is 131 Å². The average molecular weight is 328 g/mol. The van der Waals surface area contributed by atoms with Gasteiger partial charge in [0, 0.05) is 32.0 Å². The molecule has 1 saturated heterocycles. The lowest BCUT2D eigenvalue weighted by atomic mass is 9.99. The normalized spacial score (nSPS) is 22.2. The third kappa shape index (κ3) is 4.84. The maximum atomic E-state index is 12.3. The van der Waals surface area contributed by atoms with E-state index in [1.807, 2.05) is 6.07 Å². The van der Waals surface area contributed by atoms with E-state index in [9.17, 15) is 13.2 Å². The van der Waals surface area contributed by atoms with Crippen LogP contribution in [0.5, 0.6) is 0 Å². The molecule has 1 fully saturated rings. The van der Waals surface area contributed by atoms with E-state index in [0.29, 0.717) is 25.9 Å². The van der Waals surface area contributed by atoms with Gasteiger partial charge in [0.05, 0.1) is 12.5 Å². The minimum absolute atomic E-state index is 0.0512. The second-order valence-electron chi connectivity index (χ2n) is 5.92. The molecule has 0 saturated carbocycles. The van der Waals surface area contributed by atoms with Gasteiger partial charge >= 0.3 is 0 Å². The summed E-state index contributed by atoms with van der Waals surface area (Å²) in [5.74, 6) is 1.03. The molecule has 1 aromatic rings. The first kappa shape index (κ1) is 17.0. The van der Waals surface area contributed by atoms with Crippen LogP contribution < -0.4 is 4.72 Å². The van der Waals surface area contributed by atoms with Crippen molar-refractivity contribution in [1.82, 2.24) is 9.62 Å². The SMILES string of the molecule is CCC[C@@H]1CN(C(=O)CCc2ccco2)C[C@H]1NS(C)(=O)=O. The van der Waals surface area contributed by atoms with Crippen LogP contribution in [0.1, 0.15) is 31.9 Å². The van der Waals surface area contributed by atoms with Gasteiger partial charge in [-0.1, -0.05) is 13.3 Å². The molecule has 2 rings (SSSR count). The van der Waals surface area contributed by atoms with Crippen LogP contribution in [0.3, 0.4) is 0 Å². The Kier molecular flexibility index (Phi) is 5.63. The molecule has 2 heterocycles. The van der Waals surface area contributed by atoms with E-state index in [-0.39, 0.29) is 17.9 Å². The molecule has 1 aromatic heterocycles. The van der Waals surface area contributed by atoms with Gasteiger partial charge in [-0.3, -0.25) is 4.79 Å². The number of sulfonamides is 1. The number of carbonyl (C=O) groups excluding carboxylic acids is 1. The summed E-state index contributed by atoms with van der Waals surface area (Å²) in [5.41, 5.74) is 0. The molecule has 1 amide bonds. The van der Waals surface area contributed by atoms with Crippen LogP contribution in [0.4, 0.5) is 0 Å². The minimum Gasteiger partial charge on any atom is -0.469 e. The third-order valence-corrected chi connectivity index (χ3v) is 4.71. The summed E-state index contributed by atoms with van der Waals surface area (Å²) >= 11 is 0. The van der Waals surface area contributed by atoms with Gasteiger partial charge in [-0.05, 0) is 24.5 Å². The molecule has 22 heavy (non-hydrogen) atoms. The number of furan rings is 1. The Bertz CT molecular complexity index is 583. The van der Waals surface area contributed by atoms with Crippen LogP contribution in [0.2, 0.25) is 0 Å². The summed E-state index contributed by atoms with van der Waals surface area (Å²) < 4.78 is 30.8. The van der Waals surface area contributed by atoms with Gasteiger partial charge < -0.3 is 9.32 Å². The molecule has 1 aliphatic heterocycles. The molecular weight excluding hydrogens is 304 g/mol. The highest BCUT2D eigenvalue weighted by Crippen LogP contribution is 2.23. The molecular formula is C15H24N2O4S. The highest BCUT2D eigenvalue weighted by Gasteiger charge is 2.35. The van der Waals surface area contributed by atoms with Gasteiger partial charge in [-0.15, -0.1) is 0 Å². The summed E-state index contributed by atoms with van der Waals surface area (Å²) in [6.45, 7) is 3.14. The Morgan fingerprint density at radius 1 is 1.45 bits per heavy atom. The van der Waals surface area contributed by atoms with Crippen LogP contribution in [-0.2, 0) is 21.2 Å². The summed E-state index contributed by atoms with van der Waals surface area (Å²) in [7, 11) is -3.26. The molecule has 124 valence electrons. The molecule has 0 unspecified atom stereocenters. The number of nitrogens with zero attached hydrogens (tertiary/aromatic N) is 1. The highest BCUT2D eigenvalue weighted by atomic mass is 32.2. The first-order valence-electron chi connectivity index (χ1n) is 7.66. The first-order chi connectivity index (χ1) is 10.4. The van der Waals surface area contributed by atoms with Gasteiger partial charge in [0.25, 0.3) is 0 Å². The van der Waals surface area contributed by atoms with E-state index in [0.717, 1.165) is 24.9 Å². The maximum absolute atomic E-state index is 12.3. The lowest BCUT2D eigenvalue weighted by Crippen LogP contribution is -2.40. The first-order valence-corrected chi connectivity index (χ1v) is 9.55. The maximum Gasteiger partial charge on any atom is 0.223 e. The zero-order valence-electron chi connectivity index (χ0n) is 13.1. The van der Waals surface area contributed by atoms with Crippen molar-refractivity contribution in [1.29, 1.82) is 0 Å². The van der Waals surface area contributed by atoms with E-state index < -0.39 is 10.0 Å². The Morgan fingerprint density at radius 3 is 2.82 bits per heavy atom. The summed E-state index contributed by atoms with van der Waals surface area (Å²) in [4.78, 5) is 14.1. The summed E-state index contributed by atoms with van der Waals surface area (Å²) in [5, 5.41) is 0. The molecule has 1 N–H and O–H groups in total. The van der Waals surface area contributed by atoms with Gasteiger partial charge in [0.1, 0.15) is 5.76 Å². The molecule has 1 aliphatic rings. The fourth-order valence-corrected chi connectivity index (χ4v) is 3.81. The Morgan fingerprint density at radius 2 is 2.23 bits per heavy atom. The van der Waals surface area contributed by atoms with Crippen LogP contribution in [0.15, 0.2) is 22.8 Å². The van der Waals surface area contributed by atoms with Crippen molar-refractivity contribution in [2.75, 3.05) is 19.3 Å². The van der Waals surface area contributed by atoms with Crippen LogP contribution in [0.25, 0.3) is 0 Å². The van der Waals surface area contributed by atoms with Gasteiger partial charge in [-0.25, -0.2) is 13.1 Å². The highest BCUT2D eigenvalue weighted by molar-refractivity contribution is 7.88. The predicted octanol–water partition coefficient (Wildman–Crippen LogP) is 1.39. The van der Waals surface area contributed by atoms with Gasteiger partial charge in [0.15, 0.2) is 0 Å². The fourth-order valence-electron chi connectivity index (χ4n) is 2.99. The standard InChI is InChI=1S/C15H24N2O4S/c1-3-5-12-10-17(11-14(12)16-22(2,19)20)15(18)8-7-13-6-4-9-21-13/h4,6,9,12,14,16H,3,5,7-8,10-11H2,1-2H3/t12-,14-/m1/s1. The number of rotatable bonds is 7. The molecule has 0 aromatic carbocycles. The molecule has 6 nitrogen and oxygen atoms in total. The fraction of sp³-hybridized carbons (Fsp3) is 0.667. The largest absolute Gasteiger partial charge is 0.469 e. The zero-order chi connectivity index (χ0) is 16.2. The van der Waals surface area contributed by atoms with Gasteiger partial charge in [-0.2, -0.15) is 0 Å². The molecule has 0 aliphatic carbocycles. The number of amides is 1. The molecule has 7 heteroatoms. The number of nitrogens with one attached hydrogen (secondary N) is 1. The van der Waals surface area contributed by atoms with E-state index in [2.05, 4.69) is 11.6 Å². The number of hydrogen-bond acceptors (Lipinski definition) is 4. The van der Waals surface area contributed by atoms with Crippen molar-refractivity contribution in [3.63, 3.8) is 0 Å². The number of likely N-dealkylation sites (tertiary alicyclic amines) is 1. The quantitative estimate of drug-likeness (QED) is 0.820. The lowest BCUT2D eigenvalue weighted by molar-refractivity contribution is -0.130. The summed E-state index contributed by atoms with van der Waals surface area (Å²) in [6, 6.07) is 3.48. The van der Waals surface area contributed by atoms with Gasteiger partial charge in [0.2, 0.25) is 15.9 Å². The van der Waals surface area contributed by atoms with Crippen molar-refractivity contribution in [2.45, 2.75) is 38.6 Å². The third-order valence-electron chi connectivity index (χ3n) is 3.98. The van der Waals surface area contributed by atoms with Crippen LogP contribution in [-0.4, -0.2) is 44.6 Å². The second-order valence-corrected chi connectivity index (χ2v) is 7.70. The van der Waals surface area contributed by atoms with Crippen LogP contribution in [0, 0.1) is 5.92 Å². The second kappa shape index (κ2) is 7.28. The monoisotopic (exact) mass is 328 g/mol. The predicted molar refractivity (Wildman–Crippen MR) is 83.8 cm³/mol. The minimum atomic E-state index is -3.26. The smallest absolute Gasteiger partial charge is 0.223 e. The number of aryl methyl sites for hydroxylation is 1. The lowest BCUT2D eigenvalue weighted by Gasteiger charge is -2.17. The van der Waals surface area contributed by atoms with Crippen LogP contribution >= 0.6 is 0 Å².